The van der Waals surface area contributed by atoms with Crippen molar-refractivity contribution in [3.63, 3.8) is 0 Å². The van der Waals surface area contributed by atoms with Crippen LogP contribution in [0.3, 0.4) is 0 Å². The van der Waals surface area contributed by atoms with Crippen molar-refractivity contribution in [1.29, 1.82) is 0 Å². The Hall–Kier alpha value is -3.71. The fourth-order valence-electron chi connectivity index (χ4n) is 3.92. The van der Waals surface area contributed by atoms with Gasteiger partial charge < -0.3 is 14.8 Å². The van der Waals surface area contributed by atoms with E-state index < -0.39 is 0 Å². The number of aromatic nitrogens is 2. The normalized spacial score (nSPS) is 12.1. The minimum atomic E-state index is -0.0712. The van der Waals surface area contributed by atoms with E-state index in [1.807, 2.05) is 54.9 Å². The van der Waals surface area contributed by atoms with E-state index in [-0.39, 0.29) is 18.5 Å². The maximum absolute atomic E-state index is 12.7. The predicted molar refractivity (Wildman–Crippen MR) is 135 cm³/mol. The quantitative estimate of drug-likeness (QED) is 0.354. The summed E-state index contributed by atoms with van der Waals surface area (Å²) in [5.74, 6) is 1.62. The fraction of sp³-hybridized carbons (Fsp3) is 0.185. The third kappa shape index (κ3) is 4.79. The van der Waals surface area contributed by atoms with Crippen molar-refractivity contribution in [3.8, 4) is 28.4 Å². The molecule has 172 valence electrons. The van der Waals surface area contributed by atoms with Crippen LogP contribution in [0.15, 0.2) is 72.0 Å². The van der Waals surface area contributed by atoms with Crippen LogP contribution in [-0.4, -0.2) is 28.0 Å². The molecule has 1 aromatic heterocycles. The molecule has 0 atom stereocenters. The number of aryl methyl sites for hydroxylation is 3. The molecule has 4 aromatic rings. The average Bonchev–Trinajstić information content (AvgIpc) is 3.44. The minimum absolute atomic E-state index is 0.0712. The summed E-state index contributed by atoms with van der Waals surface area (Å²) in [6.45, 7) is 6.33. The van der Waals surface area contributed by atoms with Gasteiger partial charge in [0.15, 0.2) is 16.7 Å². The molecule has 0 aliphatic carbocycles. The number of hydrogen-bond donors (Lipinski definition) is 1. The second-order valence-corrected chi connectivity index (χ2v) is 9.34. The number of nitrogens with zero attached hydrogens (tertiary/aromatic N) is 2. The smallest absolute Gasteiger partial charge is 0.234 e. The van der Waals surface area contributed by atoms with Crippen molar-refractivity contribution in [2.24, 2.45) is 0 Å². The summed E-state index contributed by atoms with van der Waals surface area (Å²) in [7, 11) is 0. The zero-order chi connectivity index (χ0) is 23.7. The average molecular weight is 472 g/mol. The standard InChI is InChI=1S/C27H25N3O3S/c1-17-4-7-22(8-5-17)30-14-23(20-6-9-24-25(13-20)33-16-32-24)29-27(30)34-15-26(31)28-21-11-18(2)10-19(3)12-21/h4-14H,15-16H2,1-3H3,(H,28,31). The number of hydrogen-bond acceptors (Lipinski definition) is 5. The third-order valence-electron chi connectivity index (χ3n) is 5.49. The van der Waals surface area contributed by atoms with Crippen molar-refractivity contribution in [2.45, 2.75) is 25.9 Å². The molecule has 0 saturated heterocycles. The van der Waals surface area contributed by atoms with Crippen LogP contribution in [0.2, 0.25) is 0 Å². The van der Waals surface area contributed by atoms with Gasteiger partial charge in [-0.05, 0) is 74.4 Å². The molecule has 1 aliphatic heterocycles. The number of carbonyl (C=O) groups excluding carboxylic acids is 1. The molecule has 1 aliphatic rings. The van der Waals surface area contributed by atoms with Gasteiger partial charge in [0.1, 0.15) is 0 Å². The number of benzene rings is 3. The Labute approximate surface area is 202 Å². The number of thioether (sulfide) groups is 1. The summed E-state index contributed by atoms with van der Waals surface area (Å²) in [5.41, 5.74) is 6.94. The highest BCUT2D eigenvalue weighted by Gasteiger charge is 2.18. The van der Waals surface area contributed by atoms with Crippen molar-refractivity contribution in [1.82, 2.24) is 9.55 Å². The number of anilines is 1. The van der Waals surface area contributed by atoms with Gasteiger partial charge in [0.25, 0.3) is 0 Å². The van der Waals surface area contributed by atoms with Crippen LogP contribution in [0.4, 0.5) is 5.69 Å². The first kappa shape index (κ1) is 22.1. The Morgan fingerprint density at radius 3 is 2.44 bits per heavy atom. The number of fused-ring (bicyclic) bond motifs is 1. The van der Waals surface area contributed by atoms with E-state index in [0.717, 1.165) is 44.7 Å². The molecule has 1 amide bonds. The van der Waals surface area contributed by atoms with Crippen LogP contribution in [0.5, 0.6) is 11.5 Å². The SMILES string of the molecule is Cc1ccc(-n2cc(-c3ccc4c(c3)OCO4)nc2SCC(=O)Nc2cc(C)cc(C)c2)cc1. The molecule has 34 heavy (non-hydrogen) atoms. The van der Waals surface area contributed by atoms with Gasteiger partial charge in [-0.3, -0.25) is 9.36 Å². The molecule has 0 bridgehead atoms. The second kappa shape index (κ2) is 9.27. The molecule has 5 rings (SSSR count). The molecule has 6 nitrogen and oxygen atoms in total. The number of amides is 1. The first-order valence-corrected chi connectivity index (χ1v) is 12.0. The Morgan fingerprint density at radius 2 is 1.68 bits per heavy atom. The van der Waals surface area contributed by atoms with Crippen LogP contribution >= 0.6 is 11.8 Å². The summed E-state index contributed by atoms with van der Waals surface area (Å²) >= 11 is 1.41. The van der Waals surface area contributed by atoms with E-state index in [9.17, 15) is 4.79 Å². The molecule has 0 fully saturated rings. The lowest BCUT2D eigenvalue weighted by atomic mass is 10.1. The molecule has 7 heteroatoms. The molecule has 0 radical (unpaired) electrons. The lowest BCUT2D eigenvalue weighted by Gasteiger charge is -2.09. The first-order chi connectivity index (χ1) is 16.4. The molecule has 0 unspecified atom stereocenters. The maximum Gasteiger partial charge on any atom is 0.234 e. The van der Waals surface area contributed by atoms with E-state index in [1.54, 1.807) is 0 Å². The van der Waals surface area contributed by atoms with Crippen molar-refractivity contribution in [3.05, 3.63) is 83.6 Å². The Balaban J connectivity index is 1.40. The van der Waals surface area contributed by atoms with Crippen molar-refractivity contribution in [2.75, 3.05) is 17.9 Å². The molecular weight excluding hydrogens is 446 g/mol. The minimum Gasteiger partial charge on any atom is -0.454 e. The zero-order valence-corrected chi connectivity index (χ0v) is 20.1. The molecule has 1 N–H and O–H groups in total. The van der Waals surface area contributed by atoms with Crippen LogP contribution < -0.4 is 14.8 Å². The number of carbonyl (C=O) groups is 1. The highest BCUT2D eigenvalue weighted by molar-refractivity contribution is 7.99. The monoisotopic (exact) mass is 471 g/mol. The Kier molecular flexibility index (Phi) is 6.02. The summed E-state index contributed by atoms with van der Waals surface area (Å²) in [6, 6.07) is 20.1. The first-order valence-electron chi connectivity index (χ1n) is 11.0. The third-order valence-corrected chi connectivity index (χ3v) is 6.44. The van der Waals surface area contributed by atoms with Crippen molar-refractivity contribution >= 4 is 23.4 Å². The number of nitrogens with one attached hydrogen (secondary N) is 1. The largest absolute Gasteiger partial charge is 0.454 e. The fourth-order valence-corrected chi connectivity index (χ4v) is 4.72. The highest BCUT2D eigenvalue weighted by atomic mass is 32.2. The van der Waals surface area contributed by atoms with Gasteiger partial charge in [0.2, 0.25) is 12.7 Å². The van der Waals surface area contributed by atoms with Crippen LogP contribution in [0.25, 0.3) is 16.9 Å². The van der Waals surface area contributed by atoms with Crippen LogP contribution in [0.1, 0.15) is 16.7 Å². The van der Waals surface area contributed by atoms with E-state index in [0.29, 0.717) is 5.75 Å². The number of ether oxygens (including phenoxy) is 2. The summed E-state index contributed by atoms with van der Waals surface area (Å²) in [5, 5.41) is 3.74. The second-order valence-electron chi connectivity index (χ2n) is 8.40. The van der Waals surface area contributed by atoms with Gasteiger partial charge in [0, 0.05) is 23.1 Å². The van der Waals surface area contributed by atoms with E-state index >= 15 is 0 Å². The summed E-state index contributed by atoms with van der Waals surface area (Å²) in [6.07, 6.45) is 1.99. The summed E-state index contributed by atoms with van der Waals surface area (Å²) < 4.78 is 13.0. The zero-order valence-electron chi connectivity index (χ0n) is 19.3. The Morgan fingerprint density at radius 1 is 0.941 bits per heavy atom. The number of rotatable bonds is 6. The lowest BCUT2D eigenvalue weighted by Crippen LogP contribution is -2.14. The molecule has 3 aromatic carbocycles. The van der Waals surface area contributed by atoms with Gasteiger partial charge in [-0.15, -0.1) is 0 Å². The highest BCUT2D eigenvalue weighted by Crippen LogP contribution is 2.36. The van der Waals surface area contributed by atoms with Crippen molar-refractivity contribution < 1.29 is 14.3 Å². The molecular formula is C27H25N3O3S. The summed E-state index contributed by atoms with van der Waals surface area (Å²) in [4.78, 5) is 17.6. The molecule has 0 spiro atoms. The maximum atomic E-state index is 12.7. The van der Waals surface area contributed by atoms with Gasteiger partial charge in [-0.1, -0.05) is 35.5 Å². The van der Waals surface area contributed by atoms with E-state index in [4.69, 9.17) is 14.5 Å². The lowest BCUT2D eigenvalue weighted by molar-refractivity contribution is -0.113. The molecule has 2 heterocycles. The van der Waals surface area contributed by atoms with Gasteiger partial charge in [-0.2, -0.15) is 0 Å². The Bertz CT molecular complexity index is 1340. The van der Waals surface area contributed by atoms with Crippen LogP contribution in [-0.2, 0) is 4.79 Å². The number of imidazole rings is 1. The van der Waals surface area contributed by atoms with Gasteiger partial charge in [0.05, 0.1) is 11.4 Å². The predicted octanol–water partition coefficient (Wildman–Crippen LogP) is 5.92. The van der Waals surface area contributed by atoms with Gasteiger partial charge in [-0.25, -0.2) is 4.98 Å². The topological polar surface area (TPSA) is 65.4 Å². The van der Waals surface area contributed by atoms with Gasteiger partial charge >= 0.3 is 0 Å². The van der Waals surface area contributed by atoms with Crippen LogP contribution in [0, 0.1) is 20.8 Å². The molecule has 0 saturated carbocycles. The van der Waals surface area contributed by atoms with E-state index in [1.165, 1.54) is 17.3 Å². The van der Waals surface area contributed by atoms with E-state index in [2.05, 4.69) is 42.6 Å².